The molecule has 0 aromatic rings. The maximum atomic E-state index is 12.0. The molecule has 0 saturated heterocycles. The fraction of sp³-hybridized carbons (Fsp3) is 0.800. The maximum Gasteiger partial charge on any atom is 0.263 e. The van der Waals surface area contributed by atoms with Crippen molar-refractivity contribution in [2.45, 2.75) is 90.5 Å². The fourth-order valence-electron chi connectivity index (χ4n) is 3.07. The molecule has 0 radical (unpaired) electrons. The summed E-state index contributed by atoms with van der Waals surface area (Å²) in [4.78, 5) is 12.0. The van der Waals surface area contributed by atoms with E-state index in [1.165, 1.54) is 57.8 Å². The number of nitrogens with zero attached hydrogens (tertiary/aromatic N) is 1. The van der Waals surface area contributed by atoms with E-state index in [4.69, 9.17) is 0 Å². The van der Waals surface area contributed by atoms with E-state index in [9.17, 15) is 10.1 Å². The van der Waals surface area contributed by atoms with Gasteiger partial charge in [-0.1, -0.05) is 71.6 Å². The molecule has 1 aliphatic rings. The Balaban J connectivity index is 2.50. The molecule has 1 aliphatic carbocycles. The first-order valence-corrected chi connectivity index (χ1v) is 9.78. The number of nitrogens with one attached hydrogen (secondary N) is 2. The molecule has 1 rings (SSSR count). The third kappa shape index (κ3) is 9.60. The van der Waals surface area contributed by atoms with Gasteiger partial charge in [-0.05, 0) is 18.8 Å². The lowest BCUT2D eigenvalue weighted by Gasteiger charge is -2.18. The second-order valence-electron chi connectivity index (χ2n) is 7.40. The van der Waals surface area contributed by atoms with Crippen molar-refractivity contribution in [2.75, 3.05) is 6.54 Å². The second-order valence-corrected chi connectivity index (χ2v) is 7.40. The van der Waals surface area contributed by atoms with Crippen LogP contribution >= 0.6 is 0 Å². The van der Waals surface area contributed by atoms with Crippen molar-refractivity contribution < 1.29 is 4.79 Å². The van der Waals surface area contributed by atoms with Gasteiger partial charge in [-0.3, -0.25) is 4.79 Å². The number of hydrogen-bond donors (Lipinski definition) is 2. The van der Waals surface area contributed by atoms with Gasteiger partial charge >= 0.3 is 0 Å². The summed E-state index contributed by atoms with van der Waals surface area (Å²) in [6.07, 6.45) is 15.7. The van der Waals surface area contributed by atoms with E-state index in [1.54, 1.807) is 6.20 Å². The topological polar surface area (TPSA) is 64.9 Å². The van der Waals surface area contributed by atoms with E-state index in [2.05, 4.69) is 10.6 Å². The third-order valence-corrected chi connectivity index (χ3v) is 4.60. The van der Waals surface area contributed by atoms with Gasteiger partial charge in [0.25, 0.3) is 5.91 Å². The fourth-order valence-corrected chi connectivity index (χ4v) is 3.07. The van der Waals surface area contributed by atoms with Crippen LogP contribution in [-0.2, 0) is 4.79 Å². The Morgan fingerprint density at radius 2 is 1.54 bits per heavy atom. The molecule has 0 bridgehead atoms. The van der Waals surface area contributed by atoms with Gasteiger partial charge in [0.05, 0.1) is 0 Å². The summed E-state index contributed by atoms with van der Waals surface area (Å²) in [5.41, 5.74) is 0.182. The Labute approximate surface area is 148 Å². The monoisotopic (exact) mass is 333 g/mol. The number of amides is 1. The molecule has 1 fully saturated rings. The van der Waals surface area contributed by atoms with Crippen molar-refractivity contribution in [2.24, 2.45) is 5.92 Å². The van der Waals surface area contributed by atoms with Crippen LogP contribution < -0.4 is 10.6 Å². The van der Waals surface area contributed by atoms with Gasteiger partial charge in [-0.25, -0.2) is 0 Å². The SMILES string of the molecule is CC(C)CNC(=O)/C(C#N)=C\NC1CCCCCCCCCCC1. The molecule has 0 heterocycles. The van der Waals surface area contributed by atoms with Crippen LogP contribution in [0.4, 0.5) is 0 Å². The molecular weight excluding hydrogens is 298 g/mol. The van der Waals surface area contributed by atoms with Crippen LogP contribution in [0.3, 0.4) is 0 Å². The molecule has 0 aromatic carbocycles. The summed E-state index contributed by atoms with van der Waals surface area (Å²) in [6, 6.07) is 2.40. The maximum absolute atomic E-state index is 12.0. The van der Waals surface area contributed by atoms with E-state index < -0.39 is 0 Å². The summed E-state index contributed by atoms with van der Waals surface area (Å²) in [5, 5.41) is 15.4. The van der Waals surface area contributed by atoms with Crippen molar-refractivity contribution in [3.63, 3.8) is 0 Å². The molecule has 1 amide bonds. The van der Waals surface area contributed by atoms with Gasteiger partial charge in [-0.2, -0.15) is 5.26 Å². The van der Waals surface area contributed by atoms with E-state index in [-0.39, 0.29) is 11.5 Å². The average molecular weight is 334 g/mol. The van der Waals surface area contributed by atoms with Crippen LogP contribution in [0.1, 0.15) is 84.5 Å². The van der Waals surface area contributed by atoms with Crippen molar-refractivity contribution in [1.82, 2.24) is 10.6 Å². The minimum Gasteiger partial charge on any atom is -0.387 e. The minimum absolute atomic E-state index is 0.182. The molecule has 4 heteroatoms. The molecule has 0 atom stereocenters. The number of carbonyl (C=O) groups excluding carboxylic acids is 1. The highest BCUT2D eigenvalue weighted by molar-refractivity contribution is 5.97. The van der Waals surface area contributed by atoms with E-state index in [1.807, 2.05) is 19.9 Å². The molecule has 0 unspecified atom stereocenters. The second kappa shape index (κ2) is 12.9. The zero-order chi connectivity index (χ0) is 17.6. The molecule has 2 N–H and O–H groups in total. The van der Waals surface area contributed by atoms with Crippen molar-refractivity contribution in [3.05, 3.63) is 11.8 Å². The van der Waals surface area contributed by atoms with E-state index >= 15 is 0 Å². The number of carbonyl (C=O) groups is 1. The highest BCUT2D eigenvalue weighted by Gasteiger charge is 2.12. The zero-order valence-corrected chi connectivity index (χ0v) is 15.6. The third-order valence-electron chi connectivity index (χ3n) is 4.60. The smallest absolute Gasteiger partial charge is 0.263 e. The minimum atomic E-state index is -0.271. The van der Waals surface area contributed by atoms with Crippen molar-refractivity contribution >= 4 is 5.91 Å². The van der Waals surface area contributed by atoms with E-state index in [0.717, 1.165) is 12.8 Å². The predicted octanol–water partition coefficient (Wildman–Crippen LogP) is 4.43. The zero-order valence-electron chi connectivity index (χ0n) is 15.6. The molecule has 0 aromatic heterocycles. The first-order chi connectivity index (χ1) is 11.6. The largest absolute Gasteiger partial charge is 0.387 e. The lowest BCUT2D eigenvalue weighted by Crippen LogP contribution is -2.30. The highest BCUT2D eigenvalue weighted by Crippen LogP contribution is 2.17. The van der Waals surface area contributed by atoms with Crippen LogP contribution in [0.2, 0.25) is 0 Å². The quantitative estimate of drug-likeness (QED) is 0.578. The Morgan fingerprint density at radius 1 is 1.04 bits per heavy atom. The number of hydrogen-bond acceptors (Lipinski definition) is 3. The first-order valence-electron chi connectivity index (χ1n) is 9.78. The molecule has 24 heavy (non-hydrogen) atoms. The van der Waals surface area contributed by atoms with Gasteiger partial charge in [0.2, 0.25) is 0 Å². The van der Waals surface area contributed by atoms with Crippen molar-refractivity contribution in [3.8, 4) is 6.07 Å². The van der Waals surface area contributed by atoms with E-state index in [0.29, 0.717) is 18.5 Å². The number of rotatable bonds is 5. The van der Waals surface area contributed by atoms with Gasteiger partial charge in [0.15, 0.2) is 0 Å². The summed E-state index contributed by atoms with van der Waals surface area (Å²) in [5.74, 6) is 0.111. The van der Waals surface area contributed by atoms with Crippen LogP contribution in [0.15, 0.2) is 11.8 Å². The molecule has 0 spiro atoms. The van der Waals surface area contributed by atoms with Gasteiger partial charge in [0.1, 0.15) is 11.6 Å². The Bertz CT molecular complexity index is 411. The van der Waals surface area contributed by atoms with Gasteiger partial charge in [-0.15, -0.1) is 0 Å². The normalized spacial score (nSPS) is 19.0. The lowest BCUT2D eigenvalue weighted by atomic mass is 9.98. The molecule has 4 nitrogen and oxygen atoms in total. The number of nitriles is 1. The summed E-state index contributed by atoms with van der Waals surface area (Å²) >= 11 is 0. The Morgan fingerprint density at radius 3 is 2.00 bits per heavy atom. The lowest BCUT2D eigenvalue weighted by molar-refractivity contribution is -0.117. The predicted molar refractivity (Wildman–Crippen MR) is 99.3 cm³/mol. The van der Waals surface area contributed by atoms with Crippen LogP contribution in [0.25, 0.3) is 0 Å². The highest BCUT2D eigenvalue weighted by atomic mass is 16.1. The van der Waals surface area contributed by atoms with Crippen LogP contribution in [-0.4, -0.2) is 18.5 Å². The molecule has 0 aliphatic heterocycles. The average Bonchev–Trinajstić information content (AvgIpc) is 2.55. The molecule has 136 valence electrons. The van der Waals surface area contributed by atoms with Crippen LogP contribution in [0, 0.1) is 17.2 Å². The van der Waals surface area contributed by atoms with Gasteiger partial charge in [0, 0.05) is 18.8 Å². The molecule has 1 saturated carbocycles. The summed E-state index contributed by atoms with van der Waals surface area (Å²) in [7, 11) is 0. The summed E-state index contributed by atoms with van der Waals surface area (Å²) < 4.78 is 0. The van der Waals surface area contributed by atoms with Crippen LogP contribution in [0.5, 0.6) is 0 Å². The summed E-state index contributed by atoms with van der Waals surface area (Å²) in [6.45, 7) is 4.68. The van der Waals surface area contributed by atoms with Crippen molar-refractivity contribution in [1.29, 1.82) is 5.26 Å². The Hall–Kier alpha value is -1.50. The molecular formula is C20H35N3O. The van der Waals surface area contributed by atoms with Gasteiger partial charge < -0.3 is 10.6 Å². The standard InChI is InChI=1S/C20H35N3O/c1-17(2)15-23-20(24)18(14-21)16-22-19-12-10-8-6-4-3-5-7-9-11-13-19/h16-17,19,22H,3-13,15H2,1-2H3,(H,23,24)/b18-16-. The first kappa shape index (κ1) is 20.5. The Kier molecular flexibility index (Phi) is 11.0.